The Hall–Kier alpha value is -2.40. The first kappa shape index (κ1) is 11.7. The lowest BCUT2D eigenvalue weighted by atomic mass is 10.2. The molecule has 5 heteroatoms. The number of thiophene rings is 1. The molecule has 0 radical (unpaired) electrons. The van der Waals surface area contributed by atoms with E-state index in [9.17, 15) is 4.79 Å². The normalized spacial score (nSPS) is 10.5. The van der Waals surface area contributed by atoms with Gasteiger partial charge in [-0.25, -0.2) is 9.78 Å². The van der Waals surface area contributed by atoms with Gasteiger partial charge in [-0.15, -0.1) is 11.3 Å². The number of pyridine rings is 1. The third-order valence-electron chi connectivity index (χ3n) is 2.73. The summed E-state index contributed by atoms with van der Waals surface area (Å²) in [7, 11) is 0. The first-order valence-electron chi connectivity index (χ1n) is 5.66. The fraction of sp³-hybridized carbons (Fsp3) is 0. The molecule has 1 aromatic carbocycles. The maximum absolute atomic E-state index is 10.9. The van der Waals surface area contributed by atoms with E-state index in [0.717, 1.165) is 11.1 Å². The van der Waals surface area contributed by atoms with E-state index in [1.54, 1.807) is 11.3 Å². The molecule has 0 aliphatic carbocycles. The van der Waals surface area contributed by atoms with Crippen LogP contribution in [-0.2, 0) is 0 Å². The fourth-order valence-corrected chi connectivity index (χ4v) is 2.60. The summed E-state index contributed by atoms with van der Waals surface area (Å²) in [6, 6.07) is 11.0. The summed E-state index contributed by atoms with van der Waals surface area (Å²) in [6.07, 6.45) is 1.48. The van der Waals surface area contributed by atoms with Gasteiger partial charge in [0.15, 0.2) is 0 Å². The van der Waals surface area contributed by atoms with Crippen molar-refractivity contribution in [3.8, 4) is 0 Å². The second-order valence-corrected chi connectivity index (χ2v) is 4.98. The summed E-state index contributed by atoms with van der Waals surface area (Å²) in [5, 5.41) is 15.2. The van der Waals surface area contributed by atoms with E-state index in [1.807, 2.05) is 29.6 Å². The van der Waals surface area contributed by atoms with Crippen molar-refractivity contribution in [2.24, 2.45) is 0 Å². The van der Waals surface area contributed by atoms with Crippen molar-refractivity contribution in [1.82, 2.24) is 4.98 Å². The van der Waals surface area contributed by atoms with Gasteiger partial charge in [-0.3, -0.25) is 0 Å². The van der Waals surface area contributed by atoms with Gasteiger partial charge in [0.2, 0.25) is 0 Å². The van der Waals surface area contributed by atoms with Gasteiger partial charge in [0.1, 0.15) is 5.82 Å². The van der Waals surface area contributed by atoms with Crippen LogP contribution in [0.5, 0.6) is 0 Å². The Labute approximate surface area is 113 Å². The minimum Gasteiger partial charge on any atom is -0.478 e. The summed E-state index contributed by atoms with van der Waals surface area (Å²) in [6.45, 7) is 0. The standard InChI is InChI=1S/C14H10N2O2S/c17-14(18)10-3-5-15-13(8-10)16-11-1-2-12-9(7-11)4-6-19-12/h1-8H,(H,15,16)(H,17,18). The van der Waals surface area contributed by atoms with Gasteiger partial charge in [-0.1, -0.05) is 0 Å². The summed E-state index contributed by atoms with van der Waals surface area (Å²) in [5.74, 6) is -0.437. The number of benzene rings is 1. The van der Waals surface area contributed by atoms with Crippen LogP contribution in [0.2, 0.25) is 0 Å². The van der Waals surface area contributed by atoms with Gasteiger partial charge in [-0.05, 0) is 47.2 Å². The molecule has 0 bridgehead atoms. The van der Waals surface area contributed by atoms with E-state index in [-0.39, 0.29) is 5.56 Å². The summed E-state index contributed by atoms with van der Waals surface area (Å²) in [5.41, 5.74) is 1.11. The number of hydrogen-bond donors (Lipinski definition) is 2. The first-order chi connectivity index (χ1) is 9.22. The molecule has 0 saturated carbocycles. The number of aromatic nitrogens is 1. The third kappa shape index (κ3) is 2.41. The molecular weight excluding hydrogens is 260 g/mol. The van der Waals surface area contributed by atoms with Crippen LogP contribution < -0.4 is 5.32 Å². The van der Waals surface area contributed by atoms with E-state index in [0.29, 0.717) is 5.82 Å². The molecule has 0 amide bonds. The summed E-state index contributed by atoms with van der Waals surface area (Å²) in [4.78, 5) is 15.0. The Kier molecular flexibility index (Phi) is 2.89. The molecule has 3 aromatic rings. The monoisotopic (exact) mass is 270 g/mol. The largest absolute Gasteiger partial charge is 0.478 e. The number of aromatic carboxylic acids is 1. The van der Waals surface area contributed by atoms with Gasteiger partial charge in [-0.2, -0.15) is 0 Å². The molecular formula is C14H10N2O2S. The van der Waals surface area contributed by atoms with E-state index in [2.05, 4.69) is 10.3 Å². The first-order valence-corrected chi connectivity index (χ1v) is 6.54. The molecule has 3 rings (SSSR count). The lowest BCUT2D eigenvalue weighted by Crippen LogP contribution is -1.99. The predicted octanol–water partition coefficient (Wildman–Crippen LogP) is 3.74. The number of fused-ring (bicyclic) bond motifs is 1. The summed E-state index contributed by atoms with van der Waals surface area (Å²) >= 11 is 1.69. The van der Waals surface area contributed by atoms with Crippen LogP contribution in [0.3, 0.4) is 0 Å². The highest BCUT2D eigenvalue weighted by Crippen LogP contribution is 2.25. The Morgan fingerprint density at radius 1 is 1.21 bits per heavy atom. The van der Waals surface area contributed by atoms with Crippen LogP contribution in [0.1, 0.15) is 10.4 Å². The third-order valence-corrected chi connectivity index (χ3v) is 3.63. The second-order valence-electron chi connectivity index (χ2n) is 4.03. The molecule has 19 heavy (non-hydrogen) atoms. The summed E-state index contributed by atoms with van der Waals surface area (Å²) < 4.78 is 1.22. The number of carbonyl (C=O) groups is 1. The maximum Gasteiger partial charge on any atom is 0.335 e. The van der Waals surface area contributed by atoms with Crippen molar-refractivity contribution in [1.29, 1.82) is 0 Å². The predicted molar refractivity (Wildman–Crippen MR) is 76.3 cm³/mol. The number of carboxylic acids is 1. The highest BCUT2D eigenvalue weighted by atomic mass is 32.1. The van der Waals surface area contributed by atoms with Crippen molar-refractivity contribution in [2.45, 2.75) is 0 Å². The van der Waals surface area contributed by atoms with E-state index in [4.69, 9.17) is 5.11 Å². The van der Waals surface area contributed by atoms with Crippen LogP contribution >= 0.6 is 11.3 Å². The van der Waals surface area contributed by atoms with Gasteiger partial charge >= 0.3 is 5.97 Å². The molecule has 0 fully saturated rings. The number of nitrogens with one attached hydrogen (secondary N) is 1. The molecule has 0 unspecified atom stereocenters. The van der Waals surface area contributed by atoms with Crippen LogP contribution in [-0.4, -0.2) is 16.1 Å². The zero-order valence-corrected chi connectivity index (χ0v) is 10.6. The fourth-order valence-electron chi connectivity index (χ4n) is 1.82. The van der Waals surface area contributed by atoms with E-state index < -0.39 is 5.97 Å². The average Bonchev–Trinajstić information content (AvgIpc) is 2.86. The number of anilines is 2. The van der Waals surface area contributed by atoms with Gasteiger partial charge in [0, 0.05) is 16.6 Å². The SMILES string of the molecule is O=C(O)c1ccnc(Nc2ccc3sccc3c2)c1. The van der Waals surface area contributed by atoms with Crippen molar-refractivity contribution >= 4 is 38.9 Å². The smallest absolute Gasteiger partial charge is 0.335 e. The van der Waals surface area contributed by atoms with Crippen molar-refractivity contribution in [2.75, 3.05) is 5.32 Å². The highest BCUT2D eigenvalue weighted by Gasteiger charge is 2.05. The lowest BCUT2D eigenvalue weighted by molar-refractivity contribution is 0.0697. The Balaban J connectivity index is 1.91. The lowest BCUT2D eigenvalue weighted by Gasteiger charge is -2.06. The van der Waals surface area contributed by atoms with Gasteiger partial charge in [0.25, 0.3) is 0 Å². The van der Waals surface area contributed by atoms with E-state index >= 15 is 0 Å². The quantitative estimate of drug-likeness (QED) is 0.761. The molecule has 2 N–H and O–H groups in total. The Morgan fingerprint density at radius 2 is 2.11 bits per heavy atom. The molecule has 0 aliphatic rings. The van der Waals surface area contributed by atoms with Crippen molar-refractivity contribution in [3.63, 3.8) is 0 Å². The topological polar surface area (TPSA) is 62.2 Å². The highest BCUT2D eigenvalue weighted by molar-refractivity contribution is 7.17. The number of rotatable bonds is 3. The second kappa shape index (κ2) is 4.70. The minimum atomic E-state index is -0.960. The zero-order valence-electron chi connectivity index (χ0n) is 9.83. The molecule has 4 nitrogen and oxygen atoms in total. The van der Waals surface area contributed by atoms with E-state index in [1.165, 1.54) is 23.0 Å². The average molecular weight is 270 g/mol. The molecule has 0 spiro atoms. The van der Waals surface area contributed by atoms with Crippen molar-refractivity contribution in [3.05, 3.63) is 53.5 Å². The molecule has 0 aliphatic heterocycles. The molecule has 0 atom stereocenters. The van der Waals surface area contributed by atoms with Gasteiger partial charge in [0.05, 0.1) is 5.56 Å². The maximum atomic E-state index is 10.9. The molecule has 0 saturated heterocycles. The minimum absolute atomic E-state index is 0.217. The van der Waals surface area contributed by atoms with Crippen LogP contribution in [0, 0.1) is 0 Å². The van der Waals surface area contributed by atoms with Crippen molar-refractivity contribution < 1.29 is 9.90 Å². The number of nitrogens with zero attached hydrogens (tertiary/aromatic N) is 1. The number of carboxylic acid groups (broad SMARTS) is 1. The molecule has 94 valence electrons. The van der Waals surface area contributed by atoms with Crippen LogP contribution in [0.15, 0.2) is 48.0 Å². The zero-order chi connectivity index (χ0) is 13.2. The van der Waals surface area contributed by atoms with Crippen LogP contribution in [0.25, 0.3) is 10.1 Å². The molecule has 2 aromatic heterocycles. The number of hydrogen-bond acceptors (Lipinski definition) is 4. The Morgan fingerprint density at radius 3 is 2.95 bits per heavy atom. The van der Waals surface area contributed by atoms with Gasteiger partial charge < -0.3 is 10.4 Å². The van der Waals surface area contributed by atoms with Crippen LogP contribution in [0.4, 0.5) is 11.5 Å². The Bertz CT molecular complexity index is 752. The molecule has 2 heterocycles.